The number of halogens is 1. The maximum Gasteiger partial charge on any atom is 0.0870 e. The van der Waals surface area contributed by atoms with Crippen LogP contribution in [0.3, 0.4) is 0 Å². The van der Waals surface area contributed by atoms with Crippen molar-refractivity contribution in [1.82, 2.24) is 10.2 Å². The number of morpholine rings is 1. The van der Waals surface area contributed by atoms with Crippen LogP contribution in [0.15, 0.2) is 0 Å². The lowest BCUT2D eigenvalue weighted by molar-refractivity contribution is -0.114. The van der Waals surface area contributed by atoms with Gasteiger partial charge in [0.1, 0.15) is 0 Å². The fraction of sp³-hybridized carbons (Fsp3) is 1.00. The Kier molecular flexibility index (Phi) is 3.12. The average molecular weight is 296 g/mol. The Labute approximate surface area is 93.3 Å². The smallest absolute Gasteiger partial charge is 0.0870 e. The van der Waals surface area contributed by atoms with Crippen molar-refractivity contribution in [3.8, 4) is 0 Å². The number of rotatable bonds is 1. The highest BCUT2D eigenvalue weighted by atomic mass is 127. The van der Waals surface area contributed by atoms with Gasteiger partial charge in [-0.15, -0.1) is 0 Å². The second-order valence-electron chi connectivity index (χ2n) is 4.22. The predicted octanol–water partition coefficient (Wildman–Crippen LogP) is 0.484. The normalized spacial score (nSPS) is 41.5. The first-order valence-corrected chi connectivity index (χ1v) is 6.41. The lowest BCUT2D eigenvalue weighted by Crippen LogP contribution is -2.62. The molecule has 76 valence electrons. The highest BCUT2D eigenvalue weighted by molar-refractivity contribution is 14.1. The van der Waals surface area contributed by atoms with Gasteiger partial charge in [0.05, 0.1) is 12.2 Å². The summed E-state index contributed by atoms with van der Waals surface area (Å²) in [5.74, 6) is 0. The number of hydrogen-bond donors (Lipinski definition) is 1. The molecule has 4 heteroatoms. The van der Waals surface area contributed by atoms with Gasteiger partial charge in [-0.3, -0.25) is 4.90 Å². The third-order valence-electron chi connectivity index (χ3n) is 2.92. The Bertz CT molecular complexity index is 190. The minimum absolute atomic E-state index is 0.0917. The van der Waals surface area contributed by atoms with E-state index in [9.17, 15) is 0 Å². The Hall–Kier alpha value is 0.610. The summed E-state index contributed by atoms with van der Waals surface area (Å²) >= 11 is 2.42. The zero-order chi connectivity index (χ0) is 9.31. The fourth-order valence-corrected chi connectivity index (χ4v) is 2.49. The molecule has 13 heavy (non-hydrogen) atoms. The first-order chi connectivity index (χ1) is 6.23. The quantitative estimate of drug-likeness (QED) is 0.563. The van der Waals surface area contributed by atoms with Gasteiger partial charge in [-0.2, -0.15) is 0 Å². The highest BCUT2D eigenvalue weighted by Gasteiger charge is 2.37. The van der Waals surface area contributed by atoms with Crippen molar-refractivity contribution >= 4 is 22.6 Å². The van der Waals surface area contributed by atoms with Gasteiger partial charge in [0.15, 0.2) is 0 Å². The van der Waals surface area contributed by atoms with E-state index >= 15 is 0 Å². The summed E-state index contributed by atoms with van der Waals surface area (Å²) < 4.78 is 6.98. The third kappa shape index (κ3) is 2.16. The fourth-order valence-electron chi connectivity index (χ4n) is 2.03. The van der Waals surface area contributed by atoms with Crippen LogP contribution < -0.4 is 5.32 Å². The summed E-state index contributed by atoms with van der Waals surface area (Å²) in [6.45, 7) is 7.62. The van der Waals surface area contributed by atoms with E-state index < -0.39 is 0 Å². The number of fused-ring (bicyclic) bond motifs is 1. The Balaban J connectivity index is 1.98. The second kappa shape index (κ2) is 4.00. The molecule has 2 rings (SSSR count). The van der Waals surface area contributed by atoms with Crippen molar-refractivity contribution in [2.45, 2.75) is 18.6 Å². The molecule has 0 spiro atoms. The molecule has 0 aromatic carbocycles. The van der Waals surface area contributed by atoms with Gasteiger partial charge < -0.3 is 10.1 Å². The Morgan fingerprint density at radius 2 is 2.54 bits per heavy atom. The SMILES string of the molecule is CC1(CI)CN2CCNC[C@H]2CO1. The molecule has 0 aromatic heterocycles. The molecule has 0 radical (unpaired) electrons. The van der Waals surface area contributed by atoms with Gasteiger partial charge in [0, 0.05) is 36.6 Å². The number of ether oxygens (including phenoxy) is 1. The molecule has 3 nitrogen and oxygen atoms in total. The van der Waals surface area contributed by atoms with E-state index in [0.717, 1.165) is 30.7 Å². The number of nitrogens with zero attached hydrogens (tertiary/aromatic N) is 1. The van der Waals surface area contributed by atoms with E-state index in [4.69, 9.17) is 4.74 Å². The minimum atomic E-state index is 0.0917. The lowest BCUT2D eigenvalue weighted by atomic mass is 10.0. The highest BCUT2D eigenvalue weighted by Crippen LogP contribution is 2.23. The van der Waals surface area contributed by atoms with Crippen LogP contribution in [0.1, 0.15) is 6.92 Å². The Morgan fingerprint density at radius 1 is 1.69 bits per heavy atom. The topological polar surface area (TPSA) is 24.5 Å². The second-order valence-corrected chi connectivity index (χ2v) is 4.99. The number of nitrogens with one attached hydrogen (secondary N) is 1. The maximum absolute atomic E-state index is 5.89. The number of piperazine rings is 1. The first kappa shape index (κ1) is 10.1. The van der Waals surface area contributed by atoms with Crippen molar-refractivity contribution in [2.24, 2.45) is 0 Å². The monoisotopic (exact) mass is 296 g/mol. The molecule has 0 aromatic rings. The van der Waals surface area contributed by atoms with Gasteiger partial charge >= 0.3 is 0 Å². The zero-order valence-corrected chi connectivity index (χ0v) is 10.2. The molecular weight excluding hydrogens is 279 g/mol. The molecule has 2 aliphatic heterocycles. The molecule has 1 unspecified atom stereocenters. The van der Waals surface area contributed by atoms with Crippen LogP contribution >= 0.6 is 22.6 Å². The summed E-state index contributed by atoms with van der Waals surface area (Å²) in [6, 6.07) is 0.616. The van der Waals surface area contributed by atoms with E-state index in [1.54, 1.807) is 0 Å². The molecule has 0 bridgehead atoms. The Morgan fingerprint density at radius 3 is 3.31 bits per heavy atom. The van der Waals surface area contributed by atoms with Crippen LogP contribution in [-0.4, -0.2) is 53.8 Å². The van der Waals surface area contributed by atoms with Crippen LogP contribution in [-0.2, 0) is 4.74 Å². The average Bonchev–Trinajstić information content (AvgIpc) is 2.18. The first-order valence-electron chi connectivity index (χ1n) is 4.88. The summed E-state index contributed by atoms with van der Waals surface area (Å²) in [5.41, 5.74) is 0.0917. The molecule has 1 N–H and O–H groups in total. The molecule has 2 heterocycles. The molecule has 2 aliphatic rings. The molecule has 0 amide bonds. The predicted molar refractivity (Wildman–Crippen MR) is 61.5 cm³/mol. The van der Waals surface area contributed by atoms with Gasteiger partial charge in [0.25, 0.3) is 0 Å². The van der Waals surface area contributed by atoms with Crippen LogP contribution in [0.4, 0.5) is 0 Å². The lowest BCUT2D eigenvalue weighted by Gasteiger charge is -2.46. The minimum Gasteiger partial charge on any atom is -0.371 e. The summed E-state index contributed by atoms with van der Waals surface area (Å²) in [6.07, 6.45) is 0. The van der Waals surface area contributed by atoms with Crippen LogP contribution in [0.2, 0.25) is 0 Å². The van der Waals surface area contributed by atoms with E-state index in [0.29, 0.717) is 6.04 Å². The van der Waals surface area contributed by atoms with Crippen LogP contribution in [0, 0.1) is 0 Å². The molecular formula is C9H17IN2O. The van der Waals surface area contributed by atoms with Crippen LogP contribution in [0.25, 0.3) is 0 Å². The van der Waals surface area contributed by atoms with Gasteiger partial charge in [-0.05, 0) is 6.92 Å². The maximum atomic E-state index is 5.89. The number of hydrogen-bond acceptors (Lipinski definition) is 3. The molecule has 0 saturated carbocycles. The van der Waals surface area contributed by atoms with Crippen molar-refractivity contribution in [3.63, 3.8) is 0 Å². The largest absolute Gasteiger partial charge is 0.371 e. The van der Waals surface area contributed by atoms with Crippen LogP contribution in [0.5, 0.6) is 0 Å². The van der Waals surface area contributed by atoms with E-state index in [1.165, 1.54) is 6.54 Å². The van der Waals surface area contributed by atoms with Crippen molar-refractivity contribution in [3.05, 3.63) is 0 Å². The van der Waals surface area contributed by atoms with E-state index in [2.05, 4.69) is 39.7 Å². The standard InChI is InChI=1S/C9H17IN2O/c1-9(6-10)7-12-3-2-11-4-8(12)5-13-9/h8,11H,2-7H2,1H3/t8-,9?/m0/s1. The molecule has 2 saturated heterocycles. The molecule has 2 fully saturated rings. The number of alkyl halides is 1. The summed E-state index contributed by atoms with van der Waals surface area (Å²) in [7, 11) is 0. The molecule has 0 aliphatic carbocycles. The summed E-state index contributed by atoms with van der Waals surface area (Å²) in [5, 5.41) is 3.41. The third-order valence-corrected chi connectivity index (χ3v) is 4.53. The van der Waals surface area contributed by atoms with Gasteiger partial charge in [0.2, 0.25) is 0 Å². The summed E-state index contributed by atoms with van der Waals surface area (Å²) in [4.78, 5) is 2.57. The van der Waals surface area contributed by atoms with Gasteiger partial charge in [-0.25, -0.2) is 0 Å². The van der Waals surface area contributed by atoms with E-state index in [-0.39, 0.29) is 5.60 Å². The van der Waals surface area contributed by atoms with E-state index in [1.807, 2.05) is 0 Å². The van der Waals surface area contributed by atoms with Gasteiger partial charge in [-0.1, -0.05) is 22.6 Å². The zero-order valence-electron chi connectivity index (χ0n) is 8.05. The van der Waals surface area contributed by atoms with Crippen molar-refractivity contribution < 1.29 is 4.74 Å². The van der Waals surface area contributed by atoms with Crippen molar-refractivity contribution in [1.29, 1.82) is 0 Å². The van der Waals surface area contributed by atoms with Crippen molar-refractivity contribution in [2.75, 3.05) is 37.2 Å². The molecule has 2 atom stereocenters.